The highest BCUT2D eigenvalue weighted by Gasteiger charge is 2.11. The SMILES string of the molecule is CCCNCCCCc1c(Cl)c(C)nn1CC. The molecule has 0 spiro atoms. The molecule has 0 fully saturated rings. The zero-order valence-electron chi connectivity index (χ0n) is 11.2. The van der Waals surface area contributed by atoms with E-state index >= 15 is 0 Å². The summed E-state index contributed by atoms with van der Waals surface area (Å²) in [5.41, 5.74) is 2.15. The number of aromatic nitrogens is 2. The second kappa shape index (κ2) is 7.72. The minimum Gasteiger partial charge on any atom is -0.317 e. The number of hydrogen-bond acceptors (Lipinski definition) is 2. The van der Waals surface area contributed by atoms with Gasteiger partial charge in [0.25, 0.3) is 0 Å². The molecule has 0 unspecified atom stereocenters. The summed E-state index contributed by atoms with van der Waals surface area (Å²) >= 11 is 6.26. The third-order valence-corrected chi connectivity index (χ3v) is 3.39. The highest BCUT2D eigenvalue weighted by molar-refractivity contribution is 6.31. The standard InChI is InChI=1S/C13H24ClN3/c1-4-9-15-10-7-6-8-12-13(14)11(3)16-17(12)5-2/h15H,4-10H2,1-3H3. The van der Waals surface area contributed by atoms with Crippen LogP contribution in [0.25, 0.3) is 0 Å². The molecule has 0 aliphatic rings. The molecule has 0 saturated carbocycles. The van der Waals surface area contributed by atoms with Crippen LogP contribution in [-0.4, -0.2) is 22.9 Å². The van der Waals surface area contributed by atoms with E-state index in [-0.39, 0.29) is 0 Å². The molecule has 0 bridgehead atoms. The van der Waals surface area contributed by atoms with Crippen molar-refractivity contribution < 1.29 is 0 Å². The monoisotopic (exact) mass is 257 g/mol. The Labute approximate surface area is 110 Å². The molecule has 1 aromatic heterocycles. The molecule has 0 saturated heterocycles. The average Bonchev–Trinajstić information content (AvgIpc) is 2.60. The minimum atomic E-state index is 0.855. The van der Waals surface area contributed by atoms with Crippen molar-refractivity contribution in [3.8, 4) is 0 Å². The van der Waals surface area contributed by atoms with Gasteiger partial charge >= 0.3 is 0 Å². The molecule has 0 aliphatic heterocycles. The van der Waals surface area contributed by atoms with Crippen molar-refractivity contribution in [3.63, 3.8) is 0 Å². The van der Waals surface area contributed by atoms with Gasteiger partial charge in [-0.15, -0.1) is 0 Å². The van der Waals surface area contributed by atoms with Crippen LogP contribution in [0, 0.1) is 6.92 Å². The Kier molecular flexibility index (Phi) is 6.60. The van der Waals surface area contributed by atoms with Crippen molar-refractivity contribution in [2.24, 2.45) is 0 Å². The summed E-state index contributed by atoms with van der Waals surface area (Å²) in [6, 6.07) is 0. The Morgan fingerprint density at radius 3 is 2.65 bits per heavy atom. The Balaban J connectivity index is 2.35. The molecule has 0 radical (unpaired) electrons. The molecule has 1 rings (SSSR count). The van der Waals surface area contributed by atoms with Crippen LogP contribution in [0.2, 0.25) is 5.02 Å². The van der Waals surface area contributed by atoms with E-state index in [9.17, 15) is 0 Å². The number of halogens is 1. The fourth-order valence-corrected chi connectivity index (χ4v) is 2.18. The van der Waals surface area contributed by atoms with Gasteiger partial charge in [-0.25, -0.2) is 0 Å². The van der Waals surface area contributed by atoms with Gasteiger partial charge in [0.1, 0.15) is 0 Å². The molecule has 0 atom stereocenters. The summed E-state index contributed by atoms with van der Waals surface area (Å²) in [6.07, 6.45) is 4.60. The Morgan fingerprint density at radius 2 is 2.00 bits per heavy atom. The van der Waals surface area contributed by atoms with E-state index < -0.39 is 0 Å². The third kappa shape index (κ3) is 4.32. The second-order valence-electron chi connectivity index (χ2n) is 4.37. The van der Waals surface area contributed by atoms with Crippen molar-refractivity contribution in [3.05, 3.63) is 16.4 Å². The van der Waals surface area contributed by atoms with Crippen LogP contribution in [0.1, 0.15) is 44.5 Å². The maximum atomic E-state index is 6.26. The van der Waals surface area contributed by atoms with E-state index in [1.54, 1.807) is 0 Å². The van der Waals surface area contributed by atoms with E-state index in [0.717, 1.165) is 36.8 Å². The predicted molar refractivity (Wildman–Crippen MR) is 73.7 cm³/mol. The van der Waals surface area contributed by atoms with Crippen LogP contribution in [0.3, 0.4) is 0 Å². The Bertz CT molecular complexity index is 334. The lowest BCUT2D eigenvalue weighted by atomic mass is 10.2. The van der Waals surface area contributed by atoms with E-state index in [1.165, 1.54) is 25.0 Å². The summed E-state index contributed by atoms with van der Waals surface area (Å²) in [5.74, 6) is 0. The summed E-state index contributed by atoms with van der Waals surface area (Å²) < 4.78 is 2.02. The molecule has 1 N–H and O–H groups in total. The highest BCUT2D eigenvalue weighted by Crippen LogP contribution is 2.21. The fourth-order valence-electron chi connectivity index (χ4n) is 1.95. The fraction of sp³-hybridized carbons (Fsp3) is 0.769. The normalized spacial score (nSPS) is 11.1. The van der Waals surface area contributed by atoms with Crippen LogP contribution in [0.5, 0.6) is 0 Å². The lowest BCUT2D eigenvalue weighted by Gasteiger charge is -2.06. The largest absolute Gasteiger partial charge is 0.317 e. The van der Waals surface area contributed by atoms with E-state index in [1.807, 2.05) is 11.6 Å². The van der Waals surface area contributed by atoms with Gasteiger partial charge in [0.05, 0.1) is 16.4 Å². The number of rotatable bonds is 8. The number of nitrogens with zero attached hydrogens (tertiary/aromatic N) is 2. The molecule has 3 nitrogen and oxygen atoms in total. The number of hydrogen-bond donors (Lipinski definition) is 1. The molecular weight excluding hydrogens is 234 g/mol. The quantitative estimate of drug-likeness (QED) is 0.725. The van der Waals surface area contributed by atoms with Gasteiger partial charge in [0.15, 0.2) is 0 Å². The van der Waals surface area contributed by atoms with E-state index in [4.69, 9.17) is 11.6 Å². The van der Waals surface area contributed by atoms with Crippen molar-refractivity contribution in [2.75, 3.05) is 13.1 Å². The lowest BCUT2D eigenvalue weighted by molar-refractivity contribution is 0.579. The topological polar surface area (TPSA) is 29.9 Å². The van der Waals surface area contributed by atoms with Gasteiger partial charge in [-0.2, -0.15) is 5.10 Å². The van der Waals surface area contributed by atoms with Crippen LogP contribution < -0.4 is 5.32 Å². The van der Waals surface area contributed by atoms with Crippen molar-refractivity contribution in [1.82, 2.24) is 15.1 Å². The molecule has 0 amide bonds. The molecule has 1 heterocycles. The number of nitrogens with one attached hydrogen (secondary N) is 1. The van der Waals surface area contributed by atoms with Crippen molar-refractivity contribution in [1.29, 1.82) is 0 Å². The number of aryl methyl sites for hydroxylation is 2. The zero-order valence-corrected chi connectivity index (χ0v) is 12.0. The van der Waals surface area contributed by atoms with Crippen molar-refractivity contribution >= 4 is 11.6 Å². The first-order chi connectivity index (χ1) is 8.20. The maximum Gasteiger partial charge on any atom is 0.0847 e. The first-order valence-corrected chi connectivity index (χ1v) is 7.01. The molecule has 0 aliphatic carbocycles. The van der Waals surface area contributed by atoms with Crippen LogP contribution in [-0.2, 0) is 13.0 Å². The van der Waals surface area contributed by atoms with Gasteiger partial charge in [-0.3, -0.25) is 4.68 Å². The second-order valence-corrected chi connectivity index (χ2v) is 4.75. The maximum absolute atomic E-state index is 6.26. The Morgan fingerprint density at radius 1 is 1.24 bits per heavy atom. The lowest BCUT2D eigenvalue weighted by Crippen LogP contribution is -2.16. The van der Waals surface area contributed by atoms with Gasteiger partial charge < -0.3 is 5.32 Å². The number of unbranched alkanes of at least 4 members (excludes halogenated alkanes) is 1. The minimum absolute atomic E-state index is 0.855. The molecule has 4 heteroatoms. The molecule has 98 valence electrons. The molecule has 17 heavy (non-hydrogen) atoms. The summed E-state index contributed by atoms with van der Waals surface area (Å²) in [4.78, 5) is 0. The summed E-state index contributed by atoms with van der Waals surface area (Å²) in [6.45, 7) is 9.39. The molecule has 1 aromatic rings. The van der Waals surface area contributed by atoms with E-state index in [0.29, 0.717) is 0 Å². The smallest absolute Gasteiger partial charge is 0.0847 e. The summed E-state index contributed by atoms with van der Waals surface area (Å²) in [5, 5.41) is 8.70. The predicted octanol–water partition coefficient (Wildman–Crippen LogP) is 3.19. The summed E-state index contributed by atoms with van der Waals surface area (Å²) in [7, 11) is 0. The van der Waals surface area contributed by atoms with E-state index in [2.05, 4.69) is 24.3 Å². The average molecular weight is 258 g/mol. The zero-order chi connectivity index (χ0) is 12.7. The van der Waals surface area contributed by atoms with Gasteiger partial charge in [-0.05, 0) is 52.6 Å². The van der Waals surface area contributed by atoms with Crippen LogP contribution >= 0.6 is 11.6 Å². The van der Waals surface area contributed by atoms with Crippen LogP contribution in [0.15, 0.2) is 0 Å². The van der Waals surface area contributed by atoms with Gasteiger partial charge in [0, 0.05) is 6.54 Å². The highest BCUT2D eigenvalue weighted by atomic mass is 35.5. The first kappa shape index (κ1) is 14.5. The molecule has 0 aromatic carbocycles. The molecular formula is C13H24ClN3. The van der Waals surface area contributed by atoms with Crippen molar-refractivity contribution in [2.45, 2.75) is 53.0 Å². The third-order valence-electron chi connectivity index (χ3n) is 2.90. The van der Waals surface area contributed by atoms with Gasteiger partial charge in [-0.1, -0.05) is 18.5 Å². The Hall–Kier alpha value is -0.540. The van der Waals surface area contributed by atoms with Gasteiger partial charge in [0.2, 0.25) is 0 Å². The van der Waals surface area contributed by atoms with Crippen LogP contribution in [0.4, 0.5) is 0 Å². The first-order valence-electron chi connectivity index (χ1n) is 6.63.